The van der Waals surface area contributed by atoms with Gasteiger partial charge in [-0.1, -0.05) is 41.5 Å². The minimum atomic E-state index is -4.95. The number of rotatable bonds is 3. The Kier molecular flexibility index (Phi) is 6.74. The molecule has 0 aromatic heterocycles. The van der Waals surface area contributed by atoms with Crippen molar-refractivity contribution >= 4 is 40.9 Å². The van der Waals surface area contributed by atoms with E-state index >= 15 is 0 Å². The standard InChI is InChI=1S/C16H22O7S.Li.H/c1-15(2,3)9-7-8(13(17)18)12(24(21,22)23)11(16(4,5)6)10(9)14(19)20;;/h7H,1-6H3,(H,17,18)(H,19,20)(H,21,22,23);;. The summed E-state index contributed by atoms with van der Waals surface area (Å²) in [6.07, 6.45) is 0. The quantitative estimate of drug-likeness (QED) is 0.553. The first-order valence-corrected chi connectivity index (χ1v) is 8.59. The van der Waals surface area contributed by atoms with Crippen molar-refractivity contribution in [1.29, 1.82) is 0 Å². The van der Waals surface area contributed by atoms with Gasteiger partial charge < -0.3 is 10.2 Å². The van der Waals surface area contributed by atoms with Crippen LogP contribution in [0.1, 0.15) is 73.4 Å². The van der Waals surface area contributed by atoms with E-state index in [1.165, 1.54) is 0 Å². The van der Waals surface area contributed by atoms with E-state index in [9.17, 15) is 32.8 Å². The Morgan fingerprint density at radius 1 is 0.920 bits per heavy atom. The Morgan fingerprint density at radius 3 is 1.60 bits per heavy atom. The SMILES string of the molecule is CC(C)(C)c1cc(C(=O)O)c(S(=O)(=O)O)c(C(C)(C)C)c1C(=O)O.[LiH]. The van der Waals surface area contributed by atoms with Gasteiger partial charge in [-0.15, -0.1) is 0 Å². The third kappa shape index (κ3) is 4.85. The molecule has 0 unspecified atom stereocenters. The summed E-state index contributed by atoms with van der Waals surface area (Å²) in [7, 11) is -4.95. The normalized spacial score (nSPS) is 12.4. The van der Waals surface area contributed by atoms with Crippen LogP contribution in [0.5, 0.6) is 0 Å². The number of aromatic carboxylic acids is 2. The van der Waals surface area contributed by atoms with Gasteiger partial charge in [-0.2, -0.15) is 8.42 Å². The Balaban J connectivity index is 0.00000576. The van der Waals surface area contributed by atoms with Crippen LogP contribution in [0.4, 0.5) is 0 Å². The van der Waals surface area contributed by atoms with Crippen molar-refractivity contribution in [3.8, 4) is 0 Å². The monoisotopic (exact) mass is 366 g/mol. The molecular formula is C16H23LiO7S. The van der Waals surface area contributed by atoms with Gasteiger partial charge in [0, 0.05) is 0 Å². The van der Waals surface area contributed by atoms with Crippen molar-refractivity contribution in [2.24, 2.45) is 0 Å². The maximum atomic E-state index is 11.9. The van der Waals surface area contributed by atoms with Crippen molar-refractivity contribution in [2.75, 3.05) is 0 Å². The minimum absolute atomic E-state index is 0. The Hall–Kier alpha value is -1.33. The third-order valence-corrected chi connectivity index (χ3v) is 4.48. The first-order chi connectivity index (χ1) is 10.5. The van der Waals surface area contributed by atoms with E-state index in [0.717, 1.165) is 6.07 Å². The second kappa shape index (κ2) is 7.12. The molecule has 7 nitrogen and oxygen atoms in total. The first kappa shape index (κ1) is 23.7. The van der Waals surface area contributed by atoms with E-state index in [2.05, 4.69) is 0 Å². The van der Waals surface area contributed by atoms with Gasteiger partial charge in [-0.05, 0) is 28.0 Å². The summed E-state index contributed by atoms with van der Waals surface area (Å²) < 4.78 is 33.3. The predicted molar refractivity (Wildman–Crippen MR) is 94.7 cm³/mol. The average Bonchev–Trinajstić information content (AvgIpc) is 2.32. The van der Waals surface area contributed by atoms with E-state index in [0.29, 0.717) is 0 Å². The molecule has 1 aromatic carbocycles. The second-order valence-corrected chi connectivity index (χ2v) is 8.99. The van der Waals surface area contributed by atoms with Crippen molar-refractivity contribution in [2.45, 2.75) is 57.3 Å². The summed E-state index contributed by atoms with van der Waals surface area (Å²) in [5.41, 5.74) is -2.77. The van der Waals surface area contributed by atoms with E-state index in [-0.39, 0.29) is 35.6 Å². The summed E-state index contributed by atoms with van der Waals surface area (Å²) >= 11 is 0. The van der Waals surface area contributed by atoms with E-state index in [4.69, 9.17) is 0 Å². The van der Waals surface area contributed by atoms with Crippen molar-refractivity contribution in [3.63, 3.8) is 0 Å². The van der Waals surface area contributed by atoms with E-state index < -0.39 is 43.3 Å². The van der Waals surface area contributed by atoms with Crippen molar-refractivity contribution in [1.82, 2.24) is 0 Å². The topological polar surface area (TPSA) is 129 Å². The molecule has 0 heterocycles. The molecule has 0 saturated carbocycles. The van der Waals surface area contributed by atoms with Crippen LogP contribution >= 0.6 is 0 Å². The number of carboxylic acid groups (broad SMARTS) is 2. The summed E-state index contributed by atoms with van der Waals surface area (Å²) in [5.74, 6) is -2.94. The third-order valence-electron chi connectivity index (χ3n) is 3.54. The van der Waals surface area contributed by atoms with Crippen LogP contribution in [0.25, 0.3) is 0 Å². The Bertz CT molecular complexity index is 812. The Labute approximate surface area is 159 Å². The van der Waals surface area contributed by atoms with Crippen LogP contribution in [0.3, 0.4) is 0 Å². The molecule has 0 bridgehead atoms. The molecule has 0 spiro atoms. The second-order valence-electron chi connectivity index (χ2n) is 7.64. The number of benzene rings is 1. The molecule has 1 rings (SSSR count). The maximum absolute atomic E-state index is 11.9. The molecule has 0 aliphatic heterocycles. The van der Waals surface area contributed by atoms with Gasteiger partial charge in [0.15, 0.2) is 0 Å². The molecule has 0 amide bonds. The predicted octanol–water partition coefficient (Wildman–Crippen LogP) is 2.28. The fourth-order valence-corrected chi connectivity index (χ4v) is 3.71. The molecule has 0 aliphatic rings. The van der Waals surface area contributed by atoms with Gasteiger partial charge in [0.1, 0.15) is 4.90 Å². The number of hydrogen-bond acceptors (Lipinski definition) is 4. The van der Waals surface area contributed by atoms with Crippen molar-refractivity contribution < 1.29 is 32.8 Å². The average molecular weight is 366 g/mol. The fourth-order valence-electron chi connectivity index (χ4n) is 2.62. The number of carboxylic acids is 2. The van der Waals surface area contributed by atoms with Gasteiger partial charge >= 0.3 is 30.8 Å². The van der Waals surface area contributed by atoms with Crippen LogP contribution in [0.15, 0.2) is 11.0 Å². The summed E-state index contributed by atoms with van der Waals surface area (Å²) in [6.45, 7) is 9.75. The molecule has 25 heavy (non-hydrogen) atoms. The fraction of sp³-hybridized carbons (Fsp3) is 0.500. The van der Waals surface area contributed by atoms with Crippen LogP contribution in [0, 0.1) is 0 Å². The van der Waals surface area contributed by atoms with Gasteiger partial charge in [0.05, 0.1) is 11.1 Å². The zero-order chi connectivity index (χ0) is 19.2. The van der Waals surface area contributed by atoms with E-state index in [1.807, 2.05) is 0 Å². The van der Waals surface area contributed by atoms with Crippen LogP contribution in [0.2, 0.25) is 0 Å². The molecule has 136 valence electrons. The molecule has 0 radical (unpaired) electrons. The van der Waals surface area contributed by atoms with Gasteiger partial charge in [-0.3, -0.25) is 4.55 Å². The summed E-state index contributed by atoms with van der Waals surface area (Å²) in [6, 6.07) is 1.02. The molecule has 9 heteroatoms. The Morgan fingerprint density at radius 2 is 1.36 bits per heavy atom. The molecule has 1 aromatic rings. The number of carbonyl (C=O) groups is 2. The van der Waals surface area contributed by atoms with Gasteiger partial charge in [-0.25, -0.2) is 9.59 Å². The summed E-state index contributed by atoms with van der Waals surface area (Å²) in [5, 5.41) is 19.1. The zero-order valence-corrected chi connectivity index (χ0v) is 15.3. The molecule has 0 saturated heterocycles. The molecular weight excluding hydrogens is 343 g/mol. The van der Waals surface area contributed by atoms with Crippen molar-refractivity contribution in [3.05, 3.63) is 28.3 Å². The van der Waals surface area contributed by atoms with Crippen LogP contribution in [-0.2, 0) is 20.9 Å². The molecule has 0 fully saturated rings. The van der Waals surface area contributed by atoms with E-state index in [1.54, 1.807) is 41.5 Å². The van der Waals surface area contributed by atoms with Gasteiger partial charge in [0.2, 0.25) is 0 Å². The molecule has 0 atom stereocenters. The van der Waals surface area contributed by atoms with Crippen LogP contribution in [-0.4, -0.2) is 54.0 Å². The van der Waals surface area contributed by atoms with Gasteiger partial charge in [0.25, 0.3) is 10.1 Å². The zero-order valence-electron chi connectivity index (χ0n) is 14.5. The molecule has 0 aliphatic carbocycles. The number of hydrogen-bond donors (Lipinski definition) is 3. The summed E-state index contributed by atoms with van der Waals surface area (Å²) in [4.78, 5) is 22.6. The van der Waals surface area contributed by atoms with Crippen LogP contribution < -0.4 is 0 Å². The molecule has 3 N–H and O–H groups in total. The first-order valence-electron chi connectivity index (χ1n) is 7.15.